The van der Waals surface area contributed by atoms with Crippen LogP contribution in [0.25, 0.3) is 0 Å². The molecule has 0 heterocycles. The highest BCUT2D eigenvalue weighted by molar-refractivity contribution is 5.18. The van der Waals surface area contributed by atoms with Crippen LogP contribution in [-0.2, 0) is 0 Å². The molecule has 0 rings (SSSR count). The van der Waals surface area contributed by atoms with Crippen molar-refractivity contribution >= 4 is 0 Å². The van der Waals surface area contributed by atoms with E-state index >= 15 is 0 Å². The smallest absolute Gasteiger partial charge is 0.122 e. The highest BCUT2D eigenvalue weighted by Crippen LogP contribution is 2.02. The lowest BCUT2D eigenvalue weighted by molar-refractivity contribution is 0.636. The van der Waals surface area contributed by atoms with Crippen LogP contribution in [0.2, 0.25) is 0 Å². The normalized spacial score (nSPS) is 14.5. The van der Waals surface area contributed by atoms with Crippen LogP contribution in [0.4, 0.5) is 8.78 Å². The van der Waals surface area contributed by atoms with Gasteiger partial charge in [0.15, 0.2) is 0 Å². The minimum absolute atomic E-state index is 0.398. The van der Waals surface area contributed by atoms with Crippen LogP contribution < -0.4 is 0 Å². The molecule has 0 nitrogen and oxygen atoms in total. The van der Waals surface area contributed by atoms with Crippen molar-refractivity contribution in [1.29, 1.82) is 0 Å². The minimum Gasteiger partial charge on any atom is -0.212 e. The third kappa shape index (κ3) is 6.97. The number of allylic oxidation sites excluding steroid dienone is 6. The van der Waals surface area contributed by atoms with Crippen LogP contribution >= 0.6 is 0 Å². The maximum absolute atomic E-state index is 12.5. The molecule has 0 aliphatic rings. The first-order chi connectivity index (χ1) is 5.16. The van der Waals surface area contributed by atoms with Gasteiger partial charge in [0.1, 0.15) is 5.83 Å². The van der Waals surface area contributed by atoms with Gasteiger partial charge in [-0.2, -0.15) is 0 Å². The van der Waals surface area contributed by atoms with Gasteiger partial charge in [0, 0.05) is 0 Å². The molecule has 0 atom stereocenters. The molecule has 0 aromatic heterocycles. The molecule has 0 fully saturated rings. The standard InChI is InChI=1S/C9H12F2/c1-3-4-5-9(11)7-6-8(2)10/h4-7H,3H2,1-2H3/b5-4+,8-6+,9-7+. The fraction of sp³-hybridized carbons (Fsp3) is 0.333. The Bertz CT molecular complexity index is 184. The van der Waals surface area contributed by atoms with E-state index in [1.54, 1.807) is 6.08 Å². The van der Waals surface area contributed by atoms with Crippen molar-refractivity contribution in [3.8, 4) is 0 Å². The average molecular weight is 158 g/mol. The Kier molecular flexibility index (Phi) is 5.35. The number of hydrogen-bond acceptors (Lipinski definition) is 0. The predicted molar refractivity (Wildman–Crippen MR) is 43.5 cm³/mol. The summed E-state index contributed by atoms with van der Waals surface area (Å²) in [7, 11) is 0. The van der Waals surface area contributed by atoms with Crippen LogP contribution in [0.1, 0.15) is 20.3 Å². The van der Waals surface area contributed by atoms with Crippen LogP contribution in [0.5, 0.6) is 0 Å². The van der Waals surface area contributed by atoms with Crippen LogP contribution in [0.15, 0.2) is 36.0 Å². The lowest BCUT2D eigenvalue weighted by Crippen LogP contribution is -1.64. The second-order valence-electron chi connectivity index (χ2n) is 2.12. The maximum atomic E-state index is 12.5. The lowest BCUT2D eigenvalue weighted by atomic mass is 10.3. The molecule has 0 aliphatic heterocycles. The molecular formula is C9H12F2. The highest BCUT2D eigenvalue weighted by atomic mass is 19.1. The van der Waals surface area contributed by atoms with E-state index in [4.69, 9.17) is 0 Å². The van der Waals surface area contributed by atoms with E-state index in [2.05, 4.69) is 0 Å². The highest BCUT2D eigenvalue weighted by Gasteiger charge is 1.83. The fourth-order valence-corrected chi connectivity index (χ4v) is 0.480. The van der Waals surface area contributed by atoms with Crippen molar-refractivity contribution in [1.82, 2.24) is 0 Å². The van der Waals surface area contributed by atoms with Crippen molar-refractivity contribution in [3.05, 3.63) is 36.0 Å². The Morgan fingerprint density at radius 1 is 1.27 bits per heavy atom. The van der Waals surface area contributed by atoms with Crippen LogP contribution in [-0.4, -0.2) is 0 Å². The molecule has 0 N–H and O–H groups in total. The van der Waals surface area contributed by atoms with E-state index in [1.165, 1.54) is 13.0 Å². The summed E-state index contributed by atoms with van der Waals surface area (Å²) < 4.78 is 24.5. The molecule has 62 valence electrons. The van der Waals surface area contributed by atoms with Gasteiger partial charge in [-0.05, 0) is 31.6 Å². The Balaban J connectivity index is 4.01. The third-order valence-corrected chi connectivity index (χ3v) is 0.985. The van der Waals surface area contributed by atoms with E-state index in [-0.39, 0.29) is 0 Å². The second kappa shape index (κ2) is 5.83. The van der Waals surface area contributed by atoms with Crippen molar-refractivity contribution < 1.29 is 8.78 Å². The summed E-state index contributed by atoms with van der Waals surface area (Å²) >= 11 is 0. The average Bonchev–Trinajstić information content (AvgIpc) is 1.97. The summed E-state index contributed by atoms with van der Waals surface area (Å²) in [5.74, 6) is -0.825. The molecule has 0 amide bonds. The SMILES string of the molecule is CC/C=C/C(F)=C\C=C(/C)F. The van der Waals surface area contributed by atoms with Gasteiger partial charge in [0.2, 0.25) is 0 Å². The fourth-order valence-electron chi connectivity index (χ4n) is 0.480. The Morgan fingerprint density at radius 2 is 1.91 bits per heavy atom. The molecule has 0 aromatic carbocycles. The van der Waals surface area contributed by atoms with Gasteiger partial charge >= 0.3 is 0 Å². The molecule has 0 spiro atoms. The van der Waals surface area contributed by atoms with Crippen molar-refractivity contribution in [2.75, 3.05) is 0 Å². The van der Waals surface area contributed by atoms with Gasteiger partial charge < -0.3 is 0 Å². The summed E-state index contributed by atoms with van der Waals surface area (Å²) in [5, 5.41) is 0. The summed E-state index contributed by atoms with van der Waals surface area (Å²) in [6.07, 6.45) is 5.96. The Hall–Kier alpha value is -0.920. The Labute approximate surface area is 65.9 Å². The van der Waals surface area contributed by atoms with Gasteiger partial charge in [-0.25, -0.2) is 8.78 Å². The maximum Gasteiger partial charge on any atom is 0.122 e. The van der Waals surface area contributed by atoms with Crippen molar-refractivity contribution in [2.24, 2.45) is 0 Å². The third-order valence-electron chi connectivity index (χ3n) is 0.985. The van der Waals surface area contributed by atoms with Crippen LogP contribution in [0.3, 0.4) is 0 Å². The number of hydrogen-bond donors (Lipinski definition) is 0. The zero-order valence-electron chi connectivity index (χ0n) is 6.77. The summed E-state index contributed by atoms with van der Waals surface area (Å²) in [5.41, 5.74) is 0. The van der Waals surface area contributed by atoms with Gasteiger partial charge in [-0.15, -0.1) is 0 Å². The number of rotatable bonds is 3. The molecule has 11 heavy (non-hydrogen) atoms. The van der Waals surface area contributed by atoms with Crippen molar-refractivity contribution in [3.63, 3.8) is 0 Å². The van der Waals surface area contributed by atoms with E-state index < -0.39 is 11.7 Å². The quantitative estimate of drug-likeness (QED) is 0.549. The summed E-state index contributed by atoms with van der Waals surface area (Å²) in [6, 6.07) is 0. The second-order valence-corrected chi connectivity index (χ2v) is 2.12. The largest absolute Gasteiger partial charge is 0.212 e. The summed E-state index contributed by atoms with van der Waals surface area (Å²) in [4.78, 5) is 0. The zero-order valence-corrected chi connectivity index (χ0v) is 6.77. The van der Waals surface area contributed by atoms with Gasteiger partial charge in [0.25, 0.3) is 0 Å². The van der Waals surface area contributed by atoms with Gasteiger partial charge in [-0.1, -0.05) is 13.0 Å². The monoisotopic (exact) mass is 158 g/mol. The van der Waals surface area contributed by atoms with Gasteiger partial charge in [-0.3, -0.25) is 0 Å². The molecule has 0 radical (unpaired) electrons. The van der Waals surface area contributed by atoms with Crippen LogP contribution in [0, 0.1) is 0 Å². The lowest BCUT2D eigenvalue weighted by Gasteiger charge is -1.83. The number of halogens is 2. The van der Waals surface area contributed by atoms with E-state index in [9.17, 15) is 8.78 Å². The van der Waals surface area contributed by atoms with E-state index in [0.29, 0.717) is 0 Å². The minimum atomic E-state index is -0.427. The van der Waals surface area contributed by atoms with Gasteiger partial charge in [0.05, 0.1) is 5.83 Å². The molecule has 0 aromatic rings. The first-order valence-electron chi connectivity index (χ1n) is 3.53. The first-order valence-corrected chi connectivity index (χ1v) is 3.53. The molecule has 0 aliphatic carbocycles. The molecule has 0 bridgehead atoms. The Morgan fingerprint density at radius 3 is 2.36 bits per heavy atom. The summed E-state index contributed by atoms with van der Waals surface area (Å²) in [6.45, 7) is 3.17. The molecule has 2 heteroatoms. The molecule has 0 saturated carbocycles. The molecule has 0 unspecified atom stereocenters. The zero-order chi connectivity index (χ0) is 8.69. The first kappa shape index (κ1) is 10.1. The molecular weight excluding hydrogens is 146 g/mol. The topological polar surface area (TPSA) is 0 Å². The predicted octanol–water partition coefficient (Wildman–Crippen LogP) is 3.68. The van der Waals surface area contributed by atoms with Crippen molar-refractivity contribution in [2.45, 2.75) is 20.3 Å². The van der Waals surface area contributed by atoms with E-state index in [0.717, 1.165) is 18.6 Å². The molecule has 0 saturated heterocycles. The van der Waals surface area contributed by atoms with E-state index in [1.807, 2.05) is 6.92 Å².